The van der Waals surface area contributed by atoms with Crippen LogP contribution in [0.15, 0.2) is 48.5 Å². The van der Waals surface area contributed by atoms with Gasteiger partial charge in [0.15, 0.2) is 5.78 Å². The first-order valence-electron chi connectivity index (χ1n) is 8.26. The van der Waals surface area contributed by atoms with Crippen molar-refractivity contribution in [2.75, 3.05) is 22.9 Å². The molecule has 0 aliphatic carbocycles. The maximum atomic E-state index is 12.3. The van der Waals surface area contributed by atoms with Gasteiger partial charge in [-0.25, -0.2) is 8.42 Å². The highest BCUT2D eigenvalue weighted by molar-refractivity contribution is 7.92. The minimum absolute atomic E-state index is 0.0732. The maximum absolute atomic E-state index is 12.3. The quantitative estimate of drug-likeness (QED) is 0.675. The largest absolute Gasteiger partial charge is 0.497 e. The Morgan fingerprint density at radius 3 is 2.33 bits per heavy atom. The monoisotopic (exact) mass is 390 g/mol. The zero-order valence-corrected chi connectivity index (χ0v) is 16.2. The molecule has 2 aromatic carbocycles. The van der Waals surface area contributed by atoms with Crippen molar-refractivity contribution in [2.24, 2.45) is 5.92 Å². The van der Waals surface area contributed by atoms with Crippen LogP contribution in [0.2, 0.25) is 0 Å². The Bertz CT molecular complexity index is 923. The van der Waals surface area contributed by atoms with Gasteiger partial charge in [0, 0.05) is 17.3 Å². The summed E-state index contributed by atoms with van der Waals surface area (Å²) in [5.41, 5.74) is 1.39. The van der Waals surface area contributed by atoms with Crippen LogP contribution in [0.3, 0.4) is 0 Å². The van der Waals surface area contributed by atoms with Gasteiger partial charge in [-0.1, -0.05) is 13.0 Å². The van der Waals surface area contributed by atoms with E-state index in [-0.39, 0.29) is 11.5 Å². The molecule has 144 valence electrons. The van der Waals surface area contributed by atoms with Crippen molar-refractivity contribution >= 4 is 33.1 Å². The second-order valence-corrected chi connectivity index (χ2v) is 7.91. The van der Waals surface area contributed by atoms with Gasteiger partial charge in [0.1, 0.15) is 5.75 Å². The average Bonchev–Trinajstić information content (AvgIpc) is 2.61. The molecule has 0 heterocycles. The molecule has 0 radical (unpaired) electrons. The van der Waals surface area contributed by atoms with Crippen LogP contribution >= 0.6 is 0 Å². The molecule has 2 aromatic rings. The van der Waals surface area contributed by atoms with Crippen LogP contribution in [-0.4, -0.2) is 33.0 Å². The third-order valence-corrected chi connectivity index (χ3v) is 5.30. The molecule has 0 saturated heterocycles. The first-order chi connectivity index (χ1) is 12.7. The van der Waals surface area contributed by atoms with Gasteiger partial charge >= 0.3 is 0 Å². The van der Waals surface area contributed by atoms with Gasteiger partial charge in [-0.05, 0) is 43.3 Å². The van der Waals surface area contributed by atoms with Crippen molar-refractivity contribution in [3.63, 3.8) is 0 Å². The molecule has 0 aliphatic rings. The standard InChI is InChI=1S/C19H22N2O5S/c1-13(19(23)20-16-9-7-15(8-10-16)14(2)22)12-27(24,25)21-17-5-4-6-18(11-17)26-3/h4-11,13,21H,12H2,1-3H3,(H,20,23). The van der Waals surface area contributed by atoms with Gasteiger partial charge in [0.05, 0.1) is 24.5 Å². The normalized spacial score (nSPS) is 12.1. The summed E-state index contributed by atoms with van der Waals surface area (Å²) in [6, 6.07) is 12.9. The van der Waals surface area contributed by atoms with Crippen LogP contribution < -0.4 is 14.8 Å². The average molecular weight is 390 g/mol. The first-order valence-corrected chi connectivity index (χ1v) is 9.92. The molecule has 0 saturated carbocycles. The fraction of sp³-hybridized carbons (Fsp3) is 0.263. The number of benzene rings is 2. The molecule has 0 aromatic heterocycles. The number of Topliss-reactive ketones (excluding diaryl/α,β-unsaturated/α-hetero) is 1. The number of amides is 1. The van der Waals surface area contributed by atoms with Crippen LogP contribution in [0.1, 0.15) is 24.2 Å². The smallest absolute Gasteiger partial charge is 0.233 e. The molecule has 1 unspecified atom stereocenters. The summed E-state index contributed by atoms with van der Waals surface area (Å²) in [5, 5.41) is 2.65. The summed E-state index contributed by atoms with van der Waals surface area (Å²) >= 11 is 0. The summed E-state index contributed by atoms with van der Waals surface area (Å²) in [6.07, 6.45) is 0. The third kappa shape index (κ3) is 6.10. The van der Waals surface area contributed by atoms with Gasteiger partial charge < -0.3 is 10.1 Å². The molecular formula is C19H22N2O5S. The van der Waals surface area contributed by atoms with Crippen molar-refractivity contribution in [1.82, 2.24) is 0 Å². The van der Waals surface area contributed by atoms with Crippen LogP contribution in [0.25, 0.3) is 0 Å². The summed E-state index contributed by atoms with van der Waals surface area (Å²) in [7, 11) is -2.24. The summed E-state index contributed by atoms with van der Waals surface area (Å²) < 4.78 is 32.1. The zero-order valence-electron chi connectivity index (χ0n) is 15.4. The molecule has 1 amide bonds. The second kappa shape index (κ2) is 8.68. The van der Waals surface area contributed by atoms with Gasteiger partial charge in [-0.15, -0.1) is 0 Å². The molecule has 8 heteroatoms. The number of anilines is 2. The molecule has 0 aliphatic heterocycles. The fourth-order valence-electron chi connectivity index (χ4n) is 2.37. The lowest BCUT2D eigenvalue weighted by Crippen LogP contribution is -2.29. The minimum Gasteiger partial charge on any atom is -0.497 e. The molecule has 2 rings (SSSR count). The van der Waals surface area contributed by atoms with E-state index in [0.717, 1.165) is 0 Å². The highest BCUT2D eigenvalue weighted by atomic mass is 32.2. The Kier molecular flexibility index (Phi) is 6.57. The van der Waals surface area contributed by atoms with E-state index < -0.39 is 21.8 Å². The number of carbonyl (C=O) groups is 2. The van der Waals surface area contributed by atoms with Crippen molar-refractivity contribution in [1.29, 1.82) is 0 Å². The van der Waals surface area contributed by atoms with E-state index in [1.54, 1.807) is 48.5 Å². The SMILES string of the molecule is COc1cccc(NS(=O)(=O)CC(C)C(=O)Nc2ccc(C(C)=O)cc2)c1. The number of hydrogen-bond donors (Lipinski definition) is 2. The third-order valence-electron chi connectivity index (χ3n) is 3.82. The lowest BCUT2D eigenvalue weighted by molar-refractivity contribution is -0.118. The number of sulfonamides is 1. The van der Waals surface area contributed by atoms with Crippen LogP contribution in [-0.2, 0) is 14.8 Å². The molecule has 0 spiro atoms. The highest BCUT2D eigenvalue weighted by Gasteiger charge is 2.22. The summed E-state index contributed by atoms with van der Waals surface area (Å²) in [4.78, 5) is 23.5. The maximum Gasteiger partial charge on any atom is 0.233 e. The summed E-state index contributed by atoms with van der Waals surface area (Å²) in [6.45, 7) is 2.99. The first kappa shape index (κ1) is 20.4. The number of ether oxygens (including phenoxy) is 1. The van der Waals surface area contributed by atoms with E-state index in [1.165, 1.54) is 21.0 Å². The Morgan fingerprint density at radius 2 is 1.74 bits per heavy atom. The van der Waals surface area contributed by atoms with Gasteiger partial charge in [-0.3, -0.25) is 14.3 Å². The van der Waals surface area contributed by atoms with E-state index >= 15 is 0 Å². The predicted octanol–water partition coefficient (Wildman–Crippen LogP) is 2.91. The Balaban J connectivity index is 1.98. The van der Waals surface area contributed by atoms with Gasteiger partial charge in [-0.2, -0.15) is 0 Å². The Morgan fingerprint density at radius 1 is 1.07 bits per heavy atom. The molecule has 7 nitrogen and oxygen atoms in total. The Labute approximate surface area is 158 Å². The van der Waals surface area contributed by atoms with E-state index in [4.69, 9.17) is 4.74 Å². The molecular weight excluding hydrogens is 368 g/mol. The number of ketones is 1. The van der Waals surface area contributed by atoms with Gasteiger partial charge in [0.25, 0.3) is 0 Å². The molecule has 0 fully saturated rings. The molecule has 27 heavy (non-hydrogen) atoms. The summed E-state index contributed by atoms with van der Waals surface area (Å²) in [5.74, 6) is -1.13. The molecule has 0 bridgehead atoms. The number of rotatable bonds is 8. The van der Waals surface area contributed by atoms with Crippen LogP contribution in [0, 0.1) is 5.92 Å². The number of hydrogen-bond acceptors (Lipinski definition) is 5. The number of methoxy groups -OCH3 is 1. The lowest BCUT2D eigenvalue weighted by atomic mass is 10.1. The van der Waals surface area contributed by atoms with Crippen LogP contribution in [0.4, 0.5) is 11.4 Å². The van der Waals surface area contributed by atoms with E-state index in [0.29, 0.717) is 22.7 Å². The zero-order chi connectivity index (χ0) is 20.0. The lowest BCUT2D eigenvalue weighted by Gasteiger charge is -2.14. The molecule has 2 N–H and O–H groups in total. The van der Waals surface area contributed by atoms with E-state index in [9.17, 15) is 18.0 Å². The topological polar surface area (TPSA) is 102 Å². The number of carbonyl (C=O) groups excluding carboxylic acids is 2. The highest BCUT2D eigenvalue weighted by Crippen LogP contribution is 2.19. The van der Waals surface area contributed by atoms with Gasteiger partial charge in [0.2, 0.25) is 15.9 Å². The second-order valence-electron chi connectivity index (χ2n) is 6.14. The fourth-order valence-corrected chi connectivity index (χ4v) is 3.75. The van der Waals surface area contributed by atoms with Crippen molar-refractivity contribution in [3.8, 4) is 5.75 Å². The van der Waals surface area contributed by atoms with Crippen molar-refractivity contribution < 1.29 is 22.7 Å². The van der Waals surface area contributed by atoms with E-state index in [2.05, 4.69) is 10.0 Å². The minimum atomic E-state index is -3.73. The van der Waals surface area contributed by atoms with Crippen molar-refractivity contribution in [3.05, 3.63) is 54.1 Å². The predicted molar refractivity (Wildman–Crippen MR) is 105 cm³/mol. The molecule has 1 atom stereocenters. The van der Waals surface area contributed by atoms with E-state index in [1.807, 2.05) is 0 Å². The van der Waals surface area contributed by atoms with Crippen molar-refractivity contribution in [2.45, 2.75) is 13.8 Å². The van der Waals surface area contributed by atoms with Crippen LogP contribution in [0.5, 0.6) is 5.75 Å². The number of nitrogens with one attached hydrogen (secondary N) is 2. The Hall–Kier alpha value is -2.87.